The van der Waals surface area contributed by atoms with E-state index in [0.29, 0.717) is 25.2 Å². The third-order valence-corrected chi connectivity index (χ3v) is 7.38. The second-order valence-electron chi connectivity index (χ2n) is 8.59. The minimum Gasteiger partial charge on any atom is -0.368 e. The Hall–Kier alpha value is -1.97. The first-order valence-electron chi connectivity index (χ1n) is 10.6. The Labute approximate surface area is 178 Å². The molecule has 30 heavy (non-hydrogen) atoms. The lowest BCUT2D eigenvalue weighted by molar-refractivity contribution is -0.123. The molecule has 0 aromatic heterocycles. The molecule has 1 aromatic carbocycles. The monoisotopic (exact) mass is 436 g/mol. The molecule has 8 nitrogen and oxygen atoms in total. The molecule has 2 aliphatic heterocycles. The van der Waals surface area contributed by atoms with Crippen molar-refractivity contribution in [1.29, 1.82) is 0 Å². The van der Waals surface area contributed by atoms with Crippen molar-refractivity contribution in [2.24, 2.45) is 11.7 Å². The molecule has 0 spiro atoms. The average Bonchev–Trinajstić information content (AvgIpc) is 3.22. The highest BCUT2D eigenvalue weighted by molar-refractivity contribution is 7.89. The summed E-state index contributed by atoms with van der Waals surface area (Å²) in [5.41, 5.74) is 6.01. The van der Waals surface area contributed by atoms with Crippen LogP contribution in [0.4, 0.5) is 0 Å². The molecule has 166 valence electrons. The highest BCUT2D eigenvalue weighted by atomic mass is 32.2. The largest absolute Gasteiger partial charge is 0.368 e. The van der Waals surface area contributed by atoms with Crippen molar-refractivity contribution in [2.75, 3.05) is 26.2 Å². The number of rotatable bonds is 7. The van der Waals surface area contributed by atoms with Crippen molar-refractivity contribution in [1.82, 2.24) is 14.5 Å². The lowest BCUT2D eigenvalue weighted by atomic mass is 10.0. The maximum Gasteiger partial charge on any atom is 0.253 e. The highest BCUT2D eigenvalue weighted by Crippen LogP contribution is 2.26. The first-order chi connectivity index (χ1) is 14.2. The van der Waals surface area contributed by atoms with Crippen molar-refractivity contribution in [2.45, 2.75) is 56.5 Å². The number of hydrogen-bond donors (Lipinski definition) is 2. The number of sulfonamides is 1. The molecule has 3 N–H and O–H groups in total. The number of likely N-dealkylation sites (tertiary alicyclic amines) is 2. The van der Waals surface area contributed by atoms with Gasteiger partial charge in [0.1, 0.15) is 0 Å². The Kier molecular flexibility index (Phi) is 7.15. The number of primary amides is 1. The lowest BCUT2D eigenvalue weighted by Crippen LogP contribution is -2.51. The van der Waals surface area contributed by atoms with Gasteiger partial charge in [0.05, 0.1) is 10.9 Å². The fourth-order valence-electron chi connectivity index (χ4n) is 4.25. The predicted octanol–water partition coefficient (Wildman–Crippen LogP) is 1.18. The first kappa shape index (κ1) is 22.7. The summed E-state index contributed by atoms with van der Waals surface area (Å²) in [6.45, 7) is 6.35. The van der Waals surface area contributed by atoms with Crippen LogP contribution in [-0.2, 0) is 14.8 Å². The van der Waals surface area contributed by atoms with Crippen LogP contribution in [0, 0.1) is 5.92 Å². The van der Waals surface area contributed by atoms with Crippen molar-refractivity contribution in [3.63, 3.8) is 0 Å². The molecule has 2 saturated heterocycles. The van der Waals surface area contributed by atoms with E-state index in [4.69, 9.17) is 5.73 Å². The molecule has 1 unspecified atom stereocenters. The summed E-state index contributed by atoms with van der Waals surface area (Å²) < 4.78 is 27.2. The van der Waals surface area contributed by atoms with Crippen molar-refractivity contribution in [3.8, 4) is 0 Å². The summed E-state index contributed by atoms with van der Waals surface area (Å²) >= 11 is 0. The van der Waals surface area contributed by atoms with Gasteiger partial charge in [-0.3, -0.25) is 14.5 Å². The number of hydrogen-bond acceptors (Lipinski definition) is 5. The zero-order chi connectivity index (χ0) is 21.9. The fraction of sp³-hybridized carbons (Fsp3) is 0.619. The molecule has 0 radical (unpaired) electrons. The molecular formula is C21H32N4O4S. The van der Waals surface area contributed by atoms with Gasteiger partial charge in [0.2, 0.25) is 15.9 Å². The van der Waals surface area contributed by atoms with Gasteiger partial charge in [-0.25, -0.2) is 13.1 Å². The highest BCUT2D eigenvalue weighted by Gasteiger charge is 2.36. The summed E-state index contributed by atoms with van der Waals surface area (Å²) in [6.07, 6.45) is 3.41. The molecule has 2 fully saturated rings. The van der Waals surface area contributed by atoms with Gasteiger partial charge in [0.15, 0.2) is 0 Å². The predicted molar refractivity (Wildman–Crippen MR) is 114 cm³/mol. The molecule has 9 heteroatoms. The number of nitrogens with two attached hydrogens (primary N) is 1. The maximum absolute atomic E-state index is 12.8. The molecule has 3 rings (SSSR count). The van der Waals surface area contributed by atoms with E-state index in [2.05, 4.69) is 9.62 Å². The molecule has 1 atom stereocenters. The summed E-state index contributed by atoms with van der Waals surface area (Å²) in [5.74, 6) is -0.147. The number of carbonyl (C=O) groups excluding carboxylic acids is 2. The van der Waals surface area contributed by atoms with Gasteiger partial charge in [0.25, 0.3) is 5.91 Å². The SMILES string of the molecule is CC(C)CNS(=O)(=O)c1ccc(C(=O)N2CCC(N3CCCC3C(N)=O)CC2)cc1. The standard InChI is InChI=1S/C21H32N4O4S/c1-15(2)14-23-30(28,29)18-7-5-16(6-8-18)21(27)24-12-9-17(10-13-24)25-11-3-4-19(25)20(22)26/h5-8,15,17,19,23H,3-4,9-14H2,1-2H3,(H2,22,26). The molecule has 0 saturated carbocycles. The third-order valence-electron chi connectivity index (χ3n) is 5.94. The topological polar surface area (TPSA) is 113 Å². The number of benzene rings is 1. The fourth-order valence-corrected chi connectivity index (χ4v) is 5.46. The molecule has 2 aliphatic rings. The smallest absolute Gasteiger partial charge is 0.253 e. The molecule has 2 amide bonds. The van der Waals surface area contributed by atoms with Crippen LogP contribution in [0.15, 0.2) is 29.2 Å². The zero-order valence-electron chi connectivity index (χ0n) is 17.7. The number of nitrogens with zero attached hydrogens (tertiary/aromatic N) is 2. The van der Waals surface area contributed by atoms with E-state index in [1.807, 2.05) is 13.8 Å². The van der Waals surface area contributed by atoms with E-state index in [-0.39, 0.29) is 34.7 Å². The Morgan fingerprint density at radius 1 is 1.10 bits per heavy atom. The van der Waals surface area contributed by atoms with Crippen molar-refractivity contribution in [3.05, 3.63) is 29.8 Å². The second kappa shape index (κ2) is 9.45. The van der Waals surface area contributed by atoms with E-state index in [0.717, 1.165) is 32.2 Å². The van der Waals surface area contributed by atoms with E-state index in [1.54, 1.807) is 17.0 Å². The van der Waals surface area contributed by atoms with Crippen LogP contribution in [-0.4, -0.2) is 68.3 Å². The quantitative estimate of drug-likeness (QED) is 0.666. The number of piperidine rings is 1. The van der Waals surface area contributed by atoms with Gasteiger partial charge in [-0.15, -0.1) is 0 Å². The van der Waals surface area contributed by atoms with Crippen LogP contribution in [0.3, 0.4) is 0 Å². The van der Waals surface area contributed by atoms with Gasteiger partial charge in [-0.05, 0) is 62.4 Å². The summed E-state index contributed by atoms with van der Waals surface area (Å²) in [6, 6.07) is 6.18. The Bertz CT molecular complexity index is 861. The minimum atomic E-state index is -3.57. The number of nitrogens with one attached hydrogen (secondary N) is 1. The van der Waals surface area contributed by atoms with E-state index >= 15 is 0 Å². The van der Waals surface area contributed by atoms with Crippen molar-refractivity contribution >= 4 is 21.8 Å². The summed E-state index contributed by atoms with van der Waals surface area (Å²) in [5, 5.41) is 0. The van der Waals surface area contributed by atoms with Gasteiger partial charge < -0.3 is 10.6 Å². The third kappa shape index (κ3) is 5.19. The Balaban J connectivity index is 1.58. The number of amides is 2. The van der Waals surface area contributed by atoms with E-state index in [9.17, 15) is 18.0 Å². The minimum absolute atomic E-state index is 0.0968. The van der Waals surface area contributed by atoms with Crippen molar-refractivity contribution < 1.29 is 18.0 Å². The Morgan fingerprint density at radius 3 is 2.30 bits per heavy atom. The van der Waals surface area contributed by atoms with Crippen LogP contribution in [0.25, 0.3) is 0 Å². The van der Waals surface area contributed by atoms with Crippen LogP contribution in [0.2, 0.25) is 0 Å². The normalized spacial score (nSPS) is 21.3. The van der Waals surface area contributed by atoms with Gasteiger partial charge >= 0.3 is 0 Å². The van der Waals surface area contributed by atoms with Crippen LogP contribution in [0.5, 0.6) is 0 Å². The van der Waals surface area contributed by atoms with Gasteiger partial charge in [-0.1, -0.05) is 13.8 Å². The molecule has 0 aliphatic carbocycles. The zero-order valence-corrected chi connectivity index (χ0v) is 18.5. The summed E-state index contributed by atoms with van der Waals surface area (Å²) in [7, 11) is -3.57. The maximum atomic E-state index is 12.8. The molecule has 1 aromatic rings. The Morgan fingerprint density at radius 2 is 1.73 bits per heavy atom. The summed E-state index contributed by atoms with van der Waals surface area (Å²) in [4.78, 5) is 28.7. The molecule has 2 heterocycles. The number of carbonyl (C=O) groups is 2. The lowest BCUT2D eigenvalue weighted by Gasteiger charge is -2.38. The van der Waals surface area contributed by atoms with E-state index in [1.165, 1.54) is 12.1 Å². The first-order valence-corrected chi connectivity index (χ1v) is 12.1. The van der Waals surface area contributed by atoms with E-state index < -0.39 is 10.0 Å². The second-order valence-corrected chi connectivity index (χ2v) is 10.4. The van der Waals surface area contributed by atoms with Crippen LogP contribution in [0.1, 0.15) is 49.9 Å². The van der Waals surface area contributed by atoms with Crippen LogP contribution >= 0.6 is 0 Å². The molecular weight excluding hydrogens is 404 g/mol. The van der Waals surface area contributed by atoms with Gasteiger partial charge in [0, 0.05) is 31.2 Å². The average molecular weight is 437 g/mol. The van der Waals surface area contributed by atoms with Gasteiger partial charge in [-0.2, -0.15) is 0 Å². The molecule has 0 bridgehead atoms. The van der Waals surface area contributed by atoms with Crippen LogP contribution < -0.4 is 10.5 Å².